The fourth-order valence-electron chi connectivity index (χ4n) is 2.75. The lowest BCUT2D eigenvalue weighted by Crippen LogP contribution is -2.48. The van der Waals surface area contributed by atoms with Gasteiger partial charge >= 0.3 is 0 Å². The maximum absolute atomic E-state index is 12.6. The highest BCUT2D eigenvalue weighted by atomic mass is 32.1. The summed E-state index contributed by atoms with van der Waals surface area (Å²) >= 11 is 1.48. The number of nitrogens with one attached hydrogen (secondary N) is 1. The summed E-state index contributed by atoms with van der Waals surface area (Å²) in [5.41, 5.74) is -0.151. The maximum atomic E-state index is 12.6. The molecule has 2 heterocycles. The Morgan fingerprint density at radius 2 is 2.26 bits per heavy atom. The summed E-state index contributed by atoms with van der Waals surface area (Å²) in [7, 11) is 0. The van der Waals surface area contributed by atoms with Gasteiger partial charge in [0.15, 0.2) is 0 Å². The Morgan fingerprint density at radius 1 is 1.57 bits per heavy atom. The van der Waals surface area contributed by atoms with Crippen LogP contribution < -0.4 is 10.9 Å². The van der Waals surface area contributed by atoms with Crippen molar-refractivity contribution in [2.75, 3.05) is 0 Å². The number of rotatable bonds is 4. The average molecular weight is 330 g/mol. The topological polar surface area (TPSA) is 87.8 Å². The monoisotopic (exact) mass is 330 g/mol. The van der Waals surface area contributed by atoms with Crippen molar-refractivity contribution in [1.29, 1.82) is 5.26 Å². The van der Waals surface area contributed by atoms with Gasteiger partial charge in [-0.3, -0.25) is 14.2 Å². The van der Waals surface area contributed by atoms with E-state index in [2.05, 4.69) is 16.4 Å². The van der Waals surface area contributed by atoms with Gasteiger partial charge in [0.05, 0.1) is 17.8 Å². The summed E-state index contributed by atoms with van der Waals surface area (Å²) in [6, 6.07) is 2.18. The zero-order valence-electron chi connectivity index (χ0n) is 13.3. The van der Waals surface area contributed by atoms with Crippen molar-refractivity contribution in [3.05, 3.63) is 27.1 Å². The van der Waals surface area contributed by atoms with Gasteiger partial charge in [-0.2, -0.15) is 5.26 Å². The molecule has 120 valence electrons. The molecule has 1 aliphatic carbocycles. The third kappa shape index (κ3) is 2.75. The molecule has 0 unspecified atom stereocenters. The second-order valence-corrected chi connectivity index (χ2v) is 7.48. The van der Waals surface area contributed by atoms with Crippen LogP contribution in [0.1, 0.15) is 30.2 Å². The molecule has 1 aliphatic rings. The van der Waals surface area contributed by atoms with Crippen molar-refractivity contribution in [2.45, 2.75) is 45.7 Å². The van der Waals surface area contributed by atoms with Crippen LogP contribution in [-0.4, -0.2) is 21.0 Å². The Balaban J connectivity index is 1.86. The number of nitrogens with zero attached hydrogens (tertiary/aromatic N) is 3. The number of fused-ring (bicyclic) bond motifs is 1. The molecule has 1 atom stereocenters. The SMILES string of the molecule is Cc1sc2ncn(CC(=O)N[C@](C)(C#N)C3CC3)c(=O)c2c1C. The molecule has 1 N–H and O–H groups in total. The summed E-state index contributed by atoms with van der Waals surface area (Å²) in [4.78, 5) is 30.8. The number of amides is 1. The third-order valence-corrected chi connectivity index (χ3v) is 5.61. The van der Waals surface area contributed by atoms with Crippen molar-refractivity contribution < 1.29 is 4.79 Å². The summed E-state index contributed by atoms with van der Waals surface area (Å²) in [6.07, 6.45) is 3.30. The van der Waals surface area contributed by atoms with Crippen LogP contribution in [0.2, 0.25) is 0 Å². The first-order chi connectivity index (χ1) is 10.9. The van der Waals surface area contributed by atoms with E-state index < -0.39 is 5.54 Å². The van der Waals surface area contributed by atoms with E-state index >= 15 is 0 Å². The number of aryl methyl sites for hydroxylation is 2. The zero-order chi connectivity index (χ0) is 16.8. The lowest BCUT2D eigenvalue weighted by molar-refractivity contribution is -0.123. The predicted octanol–water partition coefficient (Wildman–Crippen LogP) is 1.88. The molecule has 6 nitrogen and oxygen atoms in total. The van der Waals surface area contributed by atoms with Crippen molar-refractivity contribution in [3.8, 4) is 6.07 Å². The van der Waals surface area contributed by atoms with Crippen LogP contribution in [-0.2, 0) is 11.3 Å². The van der Waals surface area contributed by atoms with E-state index in [1.165, 1.54) is 22.2 Å². The molecule has 1 saturated carbocycles. The molecule has 1 fully saturated rings. The van der Waals surface area contributed by atoms with E-state index in [0.29, 0.717) is 10.2 Å². The fourth-order valence-corrected chi connectivity index (χ4v) is 3.74. The van der Waals surface area contributed by atoms with E-state index in [1.54, 1.807) is 6.92 Å². The molecule has 2 aromatic rings. The number of carbonyl (C=O) groups excluding carboxylic acids is 1. The molecule has 2 aromatic heterocycles. The molecular weight excluding hydrogens is 312 g/mol. The van der Waals surface area contributed by atoms with Crippen LogP contribution >= 0.6 is 11.3 Å². The van der Waals surface area contributed by atoms with Crippen molar-refractivity contribution in [1.82, 2.24) is 14.9 Å². The number of aromatic nitrogens is 2. The Hall–Kier alpha value is -2.20. The molecule has 1 amide bonds. The van der Waals surface area contributed by atoms with Crippen LogP contribution in [0.15, 0.2) is 11.1 Å². The van der Waals surface area contributed by atoms with Gasteiger partial charge in [0.25, 0.3) is 5.56 Å². The smallest absolute Gasteiger partial charge is 0.262 e. The number of hydrogen-bond donors (Lipinski definition) is 1. The van der Waals surface area contributed by atoms with Crippen molar-refractivity contribution >= 4 is 27.5 Å². The molecule has 3 rings (SSSR count). The molecular formula is C16H18N4O2S. The molecule has 0 aromatic carbocycles. The van der Waals surface area contributed by atoms with Crippen LogP contribution in [0.25, 0.3) is 10.2 Å². The van der Waals surface area contributed by atoms with Gasteiger partial charge in [-0.1, -0.05) is 0 Å². The van der Waals surface area contributed by atoms with Crippen molar-refractivity contribution in [2.24, 2.45) is 5.92 Å². The van der Waals surface area contributed by atoms with Gasteiger partial charge in [-0.15, -0.1) is 11.3 Å². The highest BCUT2D eigenvalue weighted by Crippen LogP contribution is 2.39. The summed E-state index contributed by atoms with van der Waals surface area (Å²) in [5, 5.41) is 12.6. The second kappa shape index (κ2) is 5.46. The largest absolute Gasteiger partial charge is 0.336 e. The summed E-state index contributed by atoms with van der Waals surface area (Å²) in [5.74, 6) is -0.135. The van der Waals surface area contributed by atoms with Gasteiger partial charge in [-0.05, 0) is 45.1 Å². The number of hydrogen-bond acceptors (Lipinski definition) is 5. The quantitative estimate of drug-likeness (QED) is 0.927. The molecule has 0 spiro atoms. The first-order valence-corrected chi connectivity index (χ1v) is 8.35. The first-order valence-electron chi connectivity index (χ1n) is 7.53. The minimum atomic E-state index is -0.854. The Bertz CT molecular complexity index is 888. The highest BCUT2D eigenvalue weighted by molar-refractivity contribution is 7.18. The van der Waals surface area contributed by atoms with Gasteiger partial charge < -0.3 is 5.32 Å². The normalized spacial score (nSPS) is 16.8. The van der Waals surface area contributed by atoms with Gasteiger partial charge in [0, 0.05) is 4.88 Å². The van der Waals surface area contributed by atoms with E-state index in [-0.39, 0.29) is 23.9 Å². The van der Waals surface area contributed by atoms with Gasteiger partial charge in [0.1, 0.15) is 16.9 Å². The van der Waals surface area contributed by atoms with E-state index in [9.17, 15) is 14.9 Å². The highest BCUT2D eigenvalue weighted by Gasteiger charge is 2.43. The standard InChI is InChI=1S/C16H18N4O2S/c1-9-10(2)23-14-13(9)15(22)20(8-18-14)6-12(21)19-16(3,7-17)11-4-5-11/h8,11H,4-6H2,1-3H3,(H,19,21)/t16-/m1/s1. The lowest BCUT2D eigenvalue weighted by Gasteiger charge is -2.23. The summed E-state index contributed by atoms with van der Waals surface area (Å²) < 4.78 is 1.31. The average Bonchev–Trinajstić information content (AvgIpc) is 3.31. The van der Waals surface area contributed by atoms with Crippen LogP contribution in [0.5, 0.6) is 0 Å². The van der Waals surface area contributed by atoms with E-state index in [4.69, 9.17) is 0 Å². The predicted molar refractivity (Wildman–Crippen MR) is 88.2 cm³/mol. The fraction of sp³-hybridized carbons (Fsp3) is 0.500. The second-order valence-electron chi connectivity index (χ2n) is 6.28. The van der Waals surface area contributed by atoms with Crippen LogP contribution in [0.3, 0.4) is 0 Å². The number of nitriles is 1. The molecule has 23 heavy (non-hydrogen) atoms. The number of carbonyl (C=O) groups is 1. The van der Waals surface area contributed by atoms with Gasteiger partial charge in [-0.25, -0.2) is 4.98 Å². The lowest BCUT2D eigenvalue weighted by atomic mass is 9.98. The Morgan fingerprint density at radius 3 is 2.87 bits per heavy atom. The Kier molecular flexibility index (Phi) is 3.72. The van der Waals surface area contributed by atoms with Crippen LogP contribution in [0, 0.1) is 31.1 Å². The Labute approximate surface area is 137 Å². The number of thiophene rings is 1. The molecule has 0 bridgehead atoms. The minimum absolute atomic E-state index is 0.125. The maximum Gasteiger partial charge on any atom is 0.262 e. The van der Waals surface area contributed by atoms with E-state index in [0.717, 1.165) is 23.3 Å². The first kappa shape index (κ1) is 15.7. The van der Waals surface area contributed by atoms with Crippen molar-refractivity contribution in [3.63, 3.8) is 0 Å². The van der Waals surface area contributed by atoms with Gasteiger partial charge in [0.2, 0.25) is 5.91 Å². The molecule has 0 saturated heterocycles. The molecule has 7 heteroatoms. The third-order valence-electron chi connectivity index (χ3n) is 4.49. The summed E-state index contributed by atoms with van der Waals surface area (Å²) in [6.45, 7) is 5.45. The zero-order valence-corrected chi connectivity index (χ0v) is 14.2. The molecule has 0 aliphatic heterocycles. The van der Waals surface area contributed by atoms with Crippen LogP contribution in [0.4, 0.5) is 0 Å². The minimum Gasteiger partial charge on any atom is -0.336 e. The molecule has 0 radical (unpaired) electrons. The van der Waals surface area contributed by atoms with E-state index in [1.807, 2.05) is 13.8 Å².